The minimum absolute atomic E-state index is 0.103. The highest BCUT2D eigenvalue weighted by molar-refractivity contribution is 6.55. The van der Waals surface area contributed by atoms with Gasteiger partial charge in [0.2, 0.25) is 0 Å². The van der Waals surface area contributed by atoms with Gasteiger partial charge in [-0.05, 0) is 0 Å². The van der Waals surface area contributed by atoms with Gasteiger partial charge in [0, 0.05) is 0 Å². The molecule has 0 saturated carbocycles. The lowest BCUT2D eigenvalue weighted by molar-refractivity contribution is 0.875. The van der Waals surface area contributed by atoms with Crippen molar-refractivity contribution >= 4 is 8.80 Å². The highest BCUT2D eigenvalue weighted by Gasteiger charge is 1.76. The number of rotatable bonds is 3. The molecule has 0 nitrogen and oxygen atoms in total. The van der Waals surface area contributed by atoms with E-state index in [0.29, 0.717) is 0 Å². The van der Waals surface area contributed by atoms with Crippen molar-refractivity contribution in [2.45, 2.75) is 38.9 Å². The number of hydrogen-bond donors (Lipinski definition) is 0. The van der Waals surface area contributed by atoms with Gasteiger partial charge in [0.15, 0.2) is 0 Å². The van der Waals surface area contributed by atoms with Gasteiger partial charge in [-0.15, -0.1) is 0 Å². The topological polar surface area (TPSA) is 0 Å². The Morgan fingerprint density at radius 3 is 2.00 bits per heavy atom. The van der Waals surface area contributed by atoms with E-state index in [2.05, 4.69) is 20.0 Å². The normalized spacial score (nSPS) is 10.3. The standard InChI is InChI=1S/C6H15Si/c1-4-5-6-7(2)3/h4-6H2,1-3H3/q-1. The van der Waals surface area contributed by atoms with Gasteiger partial charge in [-0.2, -0.15) is 19.1 Å². The minimum atomic E-state index is 0.103. The Morgan fingerprint density at radius 1 is 1.29 bits per heavy atom. The molecular formula is C6H15Si-. The molecule has 0 aliphatic rings. The van der Waals surface area contributed by atoms with Gasteiger partial charge < -0.3 is 0 Å². The maximum Gasteiger partial charge on any atom is -0.0589 e. The summed E-state index contributed by atoms with van der Waals surface area (Å²) < 4.78 is 0. The van der Waals surface area contributed by atoms with E-state index in [9.17, 15) is 0 Å². The van der Waals surface area contributed by atoms with Crippen LogP contribution < -0.4 is 0 Å². The van der Waals surface area contributed by atoms with E-state index >= 15 is 0 Å². The Kier molecular flexibility index (Phi) is 4.51. The second-order valence-corrected chi connectivity index (χ2v) is 5.22. The van der Waals surface area contributed by atoms with Gasteiger partial charge in [0.25, 0.3) is 0 Å². The van der Waals surface area contributed by atoms with Crippen molar-refractivity contribution in [3.05, 3.63) is 0 Å². The monoisotopic (exact) mass is 115 g/mol. The van der Waals surface area contributed by atoms with Crippen LogP contribution in [0.25, 0.3) is 0 Å². The van der Waals surface area contributed by atoms with Crippen molar-refractivity contribution in [1.82, 2.24) is 0 Å². The molecule has 1 heteroatoms. The van der Waals surface area contributed by atoms with Gasteiger partial charge in [0.05, 0.1) is 0 Å². The zero-order valence-corrected chi connectivity index (χ0v) is 6.62. The van der Waals surface area contributed by atoms with Crippen LogP contribution in [-0.4, -0.2) is 8.80 Å². The van der Waals surface area contributed by atoms with Crippen LogP contribution in [0.15, 0.2) is 0 Å². The Balaban J connectivity index is 2.68. The van der Waals surface area contributed by atoms with Gasteiger partial charge in [0.1, 0.15) is 0 Å². The summed E-state index contributed by atoms with van der Waals surface area (Å²) in [5, 5.41) is 0. The summed E-state index contributed by atoms with van der Waals surface area (Å²) in [6.45, 7) is 7.01. The fraction of sp³-hybridized carbons (Fsp3) is 1.00. The molecule has 0 saturated heterocycles. The summed E-state index contributed by atoms with van der Waals surface area (Å²) in [5.41, 5.74) is 0. The molecule has 0 spiro atoms. The molecule has 0 unspecified atom stereocenters. The van der Waals surface area contributed by atoms with E-state index in [0.717, 1.165) is 0 Å². The first-order chi connectivity index (χ1) is 3.27. The average molecular weight is 115 g/mol. The van der Waals surface area contributed by atoms with Crippen LogP contribution in [0.2, 0.25) is 19.1 Å². The van der Waals surface area contributed by atoms with Crippen LogP contribution in [0, 0.1) is 0 Å². The summed E-state index contributed by atoms with van der Waals surface area (Å²) in [5.74, 6) is 0. The molecule has 0 atom stereocenters. The molecule has 0 aromatic heterocycles. The van der Waals surface area contributed by atoms with E-state index < -0.39 is 0 Å². The van der Waals surface area contributed by atoms with Crippen LogP contribution >= 0.6 is 0 Å². The minimum Gasteiger partial charge on any atom is -0.267 e. The van der Waals surface area contributed by atoms with Gasteiger partial charge >= 0.3 is 0 Å². The number of unbranched alkanes of at least 4 members (excludes halogenated alkanes) is 1. The van der Waals surface area contributed by atoms with Gasteiger partial charge in [-0.1, -0.05) is 19.8 Å². The molecule has 0 aliphatic heterocycles. The highest BCUT2D eigenvalue weighted by atomic mass is 28.3. The van der Waals surface area contributed by atoms with Crippen LogP contribution in [0.4, 0.5) is 0 Å². The van der Waals surface area contributed by atoms with E-state index in [-0.39, 0.29) is 8.80 Å². The smallest absolute Gasteiger partial charge is 0.0589 e. The fourth-order valence-electron chi connectivity index (χ4n) is 0.530. The molecule has 0 rings (SSSR count). The molecule has 0 aliphatic carbocycles. The molecule has 0 amide bonds. The van der Waals surface area contributed by atoms with Crippen LogP contribution in [-0.2, 0) is 0 Å². The van der Waals surface area contributed by atoms with Crippen molar-refractivity contribution in [2.24, 2.45) is 0 Å². The molecule has 0 fully saturated rings. The molecule has 0 aromatic carbocycles. The van der Waals surface area contributed by atoms with E-state index in [1.165, 1.54) is 18.9 Å². The Labute approximate surface area is 48.5 Å². The van der Waals surface area contributed by atoms with Crippen molar-refractivity contribution in [2.75, 3.05) is 0 Å². The first-order valence-electron chi connectivity index (χ1n) is 3.06. The molecule has 0 heterocycles. The number of hydrogen-bond acceptors (Lipinski definition) is 0. The zero-order valence-electron chi connectivity index (χ0n) is 5.62. The van der Waals surface area contributed by atoms with Crippen LogP contribution in [0.1, 0.15) is 19.8 Å². The second kappa shape index (κ2) is 4.38. The molecule has 0 radical (unpaired) electrons. The summed E-state index contributed by atoms with van der Waals surface area (Å²) in [4.78, 5) is 0. The van der Waals surface area contributed by atoms with E-state index in [1.54, 1.807) is 0 Å². The third kappa shape index (κ3) is 6.22. The quantitative estimate of drug-likeness (QED) is 0.496. The lowest BCUT2D eigenvalue weighted by Gasteiger charge is -2.12. The maximum atomic E-state index is 2.38. The fourth-order valence-corrected chi connectivity index (χ4v) is 1.59. The lowest BCUT2D eigenvalue weighted by atomic mass is 10.4. The van der Waals surface area contributed by atoms with E-state index in [1.807, 2.05) is 0 Å². The molecule has 44 valence electrons. The molecule has 7 heavy (non-hydrogen) atoms. The third-order valence-electron chi connectivity index (χ3n) is 1.03. The zero-order chi connectivity index (χ0) is 5.70. The predicted octanol–water partition coefficient (Wildman–Crippen LogP) is 2.54. The first-order valence-corrected chi connectivity index (χ1v) is 5.77. The largest absolute Gasteiger partial charge is 0.267 e. The Bertz CT molecular complexity index is 33.2. The lowest BCUT2D eigenvalue weighted by Crippen LogP contribution is -1.96. The van der Waals surface area contributed by atoms with Gasteiger partial charge in [-0.3, -0.25) is 8.80 Å². The molecule has 0 bridgehead atoms. The van der Waals surface area contributed by atoms with Crippen LogP contribution in [0.5, 0.6) is 0 Å². The first kappa shape index (κ1) is 7.22. The summed E-state index contributed by atoms with van der Waals surface area (Å²) in [6, 6.07) is 1.50. The van der Waals surface area contributed by atoms with Gasteiger partial charge in [-0.25, -0.2) is 0 Å². The predicted molar refractivity (Wildman–Crippen MR) is 37.2 cm³/mol. The van der Waals surface area contributed by atoms with E-state index in [4.69, 9.17) is 0 Å². The SMILES string of the molecule is CCCC[Si-](C)C. The summed E-state index contributed by atoms with van der Waals surface area (Å²) >= 11 is 0. The molecule has 0 aromatic rings. The Hall–Kier alpha value is 0.217. The summed E-state index contributed by atoms with van der Waals surface area (Å²) in [6.07, 6.45) is 2.82. The van der Waals surface area contributed by atoms with Crippen molar-refractivity contribution < 1.29 is 0 Å². The summed E-state index contributed by atoms with van der Waals surface area (Å²) in [7, 11) is 0.103. The second-order valence-electron chi connectivity index (χ2n) is 2.31. The van der Waals surface area contributed by atoms with Crippen LogP contribution in [0.3, 0.4) is 0 Å². The van der Waals surface area contributed by atoms with Crippen molar-refractivity contribution in [3.63, 3.8) is 0 Å². The average Bonchev–Trinajstić information content (AvgIpc) is 1.61. The third-order valence-corrected chi connectivity index (χ3v) is 2.38. The maximum absolute atomic E-state index is 2.38. The molecular weight excluding hydrogens is 100 g/mol. The van der Waals surface area contributed by atoms with Crippen molar-refractivity contribution in [3.8, 4) is 0 Å². The van der Waals surface area contributed by atoms with Crippen molar-refractivity contribution in [1.29, 1.82) is 0 Å². The highest BCUT2D eigenvalue weighted by Crippen LogP contribution is 1.98. The Morgan fingerprint density at radius 2 is 1.86 bits per heavy atom. The molecule has 0 N–H and O–H groups in total.